The van der Waals surface area contributed by atoms with E-state index in [0.717, 1.165) is 0 Å². The van der Waals surface area contributed by atoms with Crippen LogP contribution in [0, 0.1) is 0 Å². The predicted octanol–water partition coefficient (Wildman–Crippen LogP) is 1.47. The van der Waals surface area contributed by atoms with Crippen molar-refractivity contribution in [2.24, 2.45) is 0 Å². The van der Waals surface area contributed by atoms with Crippen molar-refractivity contribution in [3.8, 4) is 0 Å². The molecule has 1 N–H and O–H groups in total. The van der Waals surface area contributed by atoms with Crippen LogP contribution in [0.2, 0.25) is 0 Å². The molecule has 2 rings (SSSR count). The standard InChI is InChI=1S/C12H14N2O2/c1-3-14-11(8(2)15)13-10-7-5-4-6-9(10)12(14)16/h4-8,15H,3H2,1-2H3. The number of aromatic nitrogens is 2. The lowest BCUT2D eigenvalue weighted by atomic mass is 10.2. The molecule has 0 saturated carbocycles. The second-order valence-corrected chi connectivity index (χ2v) is 3.71. The Morgan fingerprint density at radius 3 is 2.75 bits per heavy atom. The molecule has 0 spiro atoms. The fraction of sp³-hybridized carbons (Fsp3) is 0.333. The van der Waals surface area contributed by atoms with Gasteiger partial charge in [0.25, 0.3) is 5.56 Å². The Labute approximate surface area is 93.2 Å². The van der Waals surface area contributed by atoms with Crippen molar-refractivity contribution in [1.82, 2.24) is 9.55 Å². The average Bonchev–Trinajstić information content (AvgIpc) is 2.29. The third kappa shape index (κ3) is 1.61. The molecule has 1 unspecified atom stereocenters. The van der Waals surface area contributed by atoms with Crippen LogP contribution >= 0.6 is 0 Å². The van der Waals surface area contributed by atoms with Gasteiger partial charge in [0.15, 0.2) is 0 Å². The molecule has 0 radical (unpaired) electrons. The van der Waals surface area contributed by atoms with Gasteiger partial charge < -0.3 is 5.11 Å². The van der Waals surface area contributed by atoms with E-state index in [1.54, 1.807) is 19.1 Å². The molecule has 4 heteroatoms. The maximum Gasteiger partial charge on any atom is 0.261 e. The Morgan fingerprint density at radius 2 is 2.12 bits per heavy atom. The fourth-order valence-electron chi connectivity index (χ4n) is 1.81. The highest BCUT2D eigenvalue weighted by molar-refractivity contribution is 5.77. The summed E-state index contributed by atoms with van der Waals surface area (Å²) in [6.07, 6.45) is -0.739. The number of aliphatic hydroxyl groups excluding tert-OH is 1. The second kappa shape index (κ2) is 4.06. The molecular formula is C12H14N2O2. The van der Waals surface area contributed by atoms with E-state index in [-0.39, 0.29) is 5.56 Å². The molecule has 84 valence electrons. The van der Waals surface area contributed by atoms with Gasteiger partial charge in [0.05, 0.1) is 10.9 Å². The van der Waals surface area contributed by atoms with Gasteiger partial charge in [-0.25, -0.2) is 4.98 Å². The minimum atomic E-state index is -0.739. The zero-order valence-corrected chi connectivity index (χ0v) is 9.34. The summed E-state index contributed by atoms with van der Waals surface area (Å²) >= 11 is 0. The highest BCUT2D eigenvalue weighted by Crippen LogP contribution is 2.12. The van der Waals surface area contributed by atoms with Crippen LogP contribution in [0.5, 0.6) is 0 Å². The van der Waals surface area contributed by atoms with Gasteiger partial charge in [-0.3, -0.25) is 9.36 Å². The molecule has 0 fully saturated rings. The van der Waals surface area contributed by atoms with Gasteiger partial charge in [0, 0.05) is 6.54 Å². The van der Waals surface area contributed by atoms with Gasteiger partial charge >= 0.3 is 0 Å². The van der Waals surface area contributed by atoms with Gasteiger partial charge in [-0.1, -0.05) is 12.1 Å². The molecule has 4 nitrogen and oxygen atoms in total. The Morgan fingerprint density at radius 1 is 1.44 bits per heavy atom. The minimum absolute atomic E-state index is 0.0935. The molecular weight excluding hydrogens is 204 g/mol. The molecule has 0 aliphatic heterocycles. The number of para-hydroxylation sites is 1. The SMILES string of the molecule is CCn1c(C(C)O)nc2ccccc2c1=O. The molecule has 0 saturated heterocycles. The second-order valence-electron chi connectivity index (χ2n) is 3.71. The van der Waals surface area contributed by atoms with Crippen LogP contribution in [-0.2, 0) is 6.54 Å². The Bertz CT molecular complexity index is 573. The first kappa shape index (κ1) is 10.8. The number of nitrogens with zero attached hydrogens (tertiary/aromatic N) is 2. The smallest absolute Gasteiger partial charge is 0.261 e. The summed E-state index contributed by atoms with van der Waals surface area (Å²) in [5, 5.41) is 10.2. The van der Waals surface area contributed by atoms with Crippen LogP contribution in [0.25, 0.3) is 10.9 Å². The molecule has 0 aliphatic rings. The first-order valence-corrected chi connectivity index (χ1v) is 5.32. The molecule has 2 aromatic rings. The lowest BCUT2D eigenvalue weighted by Crippen LogP contribution is -2.25. The number of hydrogen-bond donors (Lipinski definition) is 1. The monoisotopic (exact) mass is 218 g/mol. The molecule has 0 bridgehead atoms. The van der Waals surface area contributed by atoms with Crippen molar-refractivity contribution in [2.45, 2.75) is 26.5 Å². The van der Waals surface area contributed by atoms with Gasteiger partial charge in [0.2, 0.25) is 0 Å². The van der Waals surface area contributed by atoms with Crippen molar-refractivity contribution in [3.63, 3.8) is 0 Å². The largest absolute Gasteiger partial charge is 0.385 e. The maximum absolute atomic E-state index is 12.1. The molecule has 1 heterocycles. The minimum Gasteiger partial charge on any atom is -0.385 e. The zero-order chi connectivity index (χ0) is 11.7. The molecule has 0 aliphatic carbocycles. The predicted molar refractivity (Wildman–Crippen MR) is 62.3 cm³/mol. The summed E-state index contributed by atoms with van der Waals surface area (Å²) in [6, 6.07) is 7.18. The fourth-order valence-corrected chi connectivity index (χ4v) is 1.81. The van der Waals surface area contributed by atoms with Gasteiger partial charge in [-0.15, -0.1) is 0 Å². The normalized spacial score (nSPS) is 12.9. The molecule has 1 aromatic heterocycles. The van der Waals surface area contributed by atoms with Crippen LogP contribution < -0.4 is 5.56 Å². The van der Waals surface area contributed by atoms with E-state index in [1.807, 2.05) is 19.1 Å². The summed E-state index contributed by atoms with van der Waals surface area (Å²) in [6.45, 7) is 3.99. The summed E-state index contributed by atoms with van der Waals surface area (Å²) in [4.78, 5) is 16.4. The summed E-state index contributed by atoms with van der Waals surface area (Å²) in [5.41, 5.74) is 0.539. The van der Waals surface area contributed by atoms with Crippen LogP contribution in [0.3, 0.4) is 0 Å². The average molecular weight is 218 g/mol. The van der Waals surface area contributed by atoms with E-state index in [0.29, 0.717) is 23.3 Å². The third-order valence-electron chi connectivity index (χ3n) is 2.58. The van der Waals surface area contributed by atoms with Crippen LogP contribution in [0.15, 0.2) is 29.1 Å². The van der Waals surface area contributed by atoms with Crippen molar-refractivity contribution in [3.05, 3.63) is 40.4 Å². The highest BCUT2D eigenvalue weighted by Gasteiger charge is 2.12. The Hall–Kier alpha value is -1.68. The molecule has 1 atom stereocenters. The highest BCUT2D eigenvalue weighted by atomic mass is 16.3. The number of hydrogen-bond acceptors (Lipinski definition) is 3. The summed E-state index contributed by atoms with van der Waals surface area (Å²) < 4.78 is 1.51. The molecule has 0 amide bonds. The Balaban J connectivity index is 2.87. The van der Waals surface area contributed by atoms with Crippen LogP contribution in [-0.4, -0.2) is 14.7 Å². The topological polar surface area (TPSA) is 55.1 Å². The van der Waals surface area contributed by atoms with E-state index < -0.39 is 6.10 Å². The van der Waals surface area contributed by atoms with E-state index in [4.69, 9.17) is 0 Å². The van der Waals surface area contributed by atoms with E-state index in [9.17, 15) is 9.90 Å². The summed E-state index contributed by atoms with van der Waals surface area (Å²) in [7, 11) is 0. The zero-order valence-electron chi connectivity index (χ0n) is 9.34. The van der Waals surface area contributed by atoms with Crippen molar-refractivity contribution in [1.29, 1.82) is 0 Å². The number of rotatable bonds is 2. The van der Waals surface area contributed by atoms with Crippen molar-refractivity contribution >= 4 is 10.9 Å². The third-order valence-corrected chi connectivity index (χ3v) is 2.58. The molecule has 1 aromatic carbocycles. The van der Waals surface area contributed by atoms with Gasteiger partial charge in [-0.05, 0) is 26.0 Å². The van der Waals surface area contributed by atoms with Crippen molar-refractivity contribution in [2.75, 3.05) is 0 Å². The number of fused-ring (bicyclic) bond motifs is 1. The van der Waals surface area contributed by atoms with E-state index >= 15 is 0 Å². The van der Waals surface area contributed by atoms with Crippen LogP contribution in [0.4, 0.5) is 0 Å². The number of benzene rings is 1. The summed E-state index contributed by atoms with van der Waals surface area (Å²) in [5.74, 6) is 0.422. The molecule has 16 heavy (non-hydrogen) atoms. The van der Waals surface area contributed by atoms with E-state index in [2.05, 4.69) is 4.98 Å². The lowest BCUT2D eigenvalue weighted by Gasteiger charge is -2.13. The first-order valence-electron chi connectivity index (χ1n) is 5.32. The van der Waals surface area contributed by atoms with E-state index in [1.165, 1.54) is 4.57 Å². The number of aliphatic hydroxyl groups is 1. The van der Waals surface area contributed by atoms with Gasteiger partial charge in [0.1, 0.15) is 11.9 Å². The van der Waals surface area contributed by atoms with Gasteiger partial charge in [-0.2, -0.15) is 0 Å². The van der Waals surface area contributed by atoms with Crippen LogP contribution in [0.1, 0.15) is 25.8 Å². The first-order chi connectivity index (χ1) is 7.65. The Kier molecular flexibility index (Phi) is 2.75. The maximum atomic E-state index is 12.1. The quantitative estimate of drug-likeness (QED) is 0.830. The van der Waals surface area contributed by atoms with Crippen molar-refractivity contribution < 1.29 is 5.11 Å². The lowest BCUT2D eigenvalue weighted by molar-refractivity contribution is 0.182.